The summed E-state index contributed by atoms with van der Waals surface area (Å²) in [6.45, 7) is 6.27. The van der Waals surface area contributed by atoms with Gasteiger partial charge in [0.25, 0.3) is 5.78 Å². The fourth-order valence-electron chi connectivity index (χ4n) is 2.47. The zero-order valence-electron chi connectivity index (χ0n) is 15.3. The number of fused-ring (bicyclic) bond motifs is 1. The van der Waals surface area contributed by atoms with E-state index < -0.39 is 0 Å². The van der Waals surface area contributed by atoms with Crippen LogP contribution in [0.2, 0.25) is 0 Å². The zero-order chi connectivity index (χ0) is 18.2. The lowest BCUT2D eigenvalue weighted by molar-refractivity contribution is 0.355. The molecule has 0 amide bonds. The van der Waals surface area contributed by atoms with Crippen LogP contribution in [0.4, 0.5) is 0 Å². The van der Waals surface area contributed by atoms with Gasteiger partial charge in [-0.2, -0.15) is 9.50 Å². The first-order valence-electron chi connectivity index (χ1n) is 7.92. The van der Waals surface area contributed by atoms with E-state index in [1.54, 1.807) is 30.5 Å². The Labute approximate surface area is 151 Å². The van der Waals surface area contributed by atoms with Crippen LogP contribution in [0.15, 0.2) is 29.3 Å². The zero-order valence-corrected chi connectivity index (χ0v) is 16.1. The molecule has 0 saturated heterocycles. The average Bonchev–Trinajstić information content (AvgIpc) is 3.04. The van der Waals surface area contributed by atoms with E-state index in [0.717, 1.165) is 22.1 Å². The molecule has 0 spiro atoms. The third-order valence-corrected chi connectivity index (χ3v) is 4.48. The Bertz CT molecular complexity index is 915. The largest absolute Gasteiger partial charge is 0.493 e. The van der Waals surface area contributed by atoms with E-state index in [4.69, 9.17) is 14.6 Å². The molecule has 7 heteroatoms. The molecular formula is C18H22N4O2S. The summed E-state index contributed by atoms with van der Waals surface area (Å²) < 4.78 is 12.6. The molecular weight excluding hydrogens is 336 g/mol. The Morgan fingerprint density at radius 1 is 1.00 bits per heavy atom. The summed E-state index contributed by atoms with van der Waals surface area (Å²) in [6, 6.07) is 7.83. The molecule has 0 aliphatic heterocycles. The Morgan fingerprint density at radius 3 is 2.32 bits per heavy atom. The van der Waals surface area contributed by atoms with Crippen molar-refractivity contribution in [1.82, 2.24) is 19.6 Å². The van der Waals surface area contributed by atoms with Crippen LogP contribution < -0.4 is 9.47 Å². The highest BCUT2D eigenvalue weighted by Gasteiger charge is 2.22. The summed E-state index contributed by atoms with van der Waals surface area (Å²) in [4.78, 5) is 9.21. The molecule has 2 heterocycles. The van der Waals surface area contributed by atoms with Crippen molar-refractivity contribution in [2.75, 3.05) is 20.5 Å². The molecule has 0 aliphatic carbocycles. The molecule has 6 nitrogen and oxygen atoms in total. The van der Waals surface area contributed by atoms with E-state index in [2.05, 4.69) is 30.7 Å². The van der Waals surface area contributed by atoms with Crippen LogP contribution >= 0.6 is 11.8 Å². The second-order valence-electron chi connectivity index (χ2n) is 6.65. The smallest absolute Gasteiger partial charge is 0.254 e. The van der Waals surface area contributed by atoms with Crippen LogP contribution in [0, 0.1) is 0 Å². The van der Waals surface area contributed by atoms with Crippen LogP contribution in [0.5, 0.6) is 11.5 Å². The van der Waals surface area contributed by atoms with Gasteiger partial charge in [-0.3, -0.25) is 0 Å². The van der Waals surface area contributed by atoms with Crippen molar-refractivity contribution in [3.63, 3.8) is 0 Å². The number of methoxy groups -OCH3 is 2. The number of benzene rings is 1. The van der Waals surface area contributed by atoms with Crippen LogP contribution in [-0.4, -0.2) is 40.1 Å². The maximum absolute atomic E-state index is 5.44. The van der Waals surface area contributed by atoms with Gasteiger partial charge in [0.15, 0.2) is 17.3 Å². The molecule has 0 unspecified atom stereocenters. The molecule has 132 valence electrons. The highest BCUT2D eigenvalue weighted by molar-refractivity contribution is 7.98. The lowest BCUT2D eigenvalue weighted by Gasteiger charge is -2.12. The summed E-state index contributed by atoms with van der Waals surface area (Å²) in [7, 11) is 3.26. The summed E-state index contributed by atoms with van der Waals surface area (Å²) >= 11 is 1.58. The number of aromatic nitrogens is 4. The van der Waals surface area contributed by atoms with Crippen molar-refractivity contribution >= 4 is 17.5 Å². The summed E-state index contributed by atoms with van der Waals surface area (Å²) in [5.74, 6) is 2.73. The van der Waals surface area contributed by atoms with Gasteiger partial charge in [-0.25, -0.2) is 4.98 Å². The molecule has 25 heavy (non-hydrogen) atoms. The predicted octanol–water partition coefficient (Wildman–Crippen LogP) is 3.83. The molecule has 0 aliphatic rings. The number of thioether (sulfide) groups is 1. The fraction of sp³-hybridized carbons (Fsp3) is 0.389. The number of hydrogen-bond acceptors (Lipinski definition) is 6. The van der Waals surface area contributed by atoms with E-state index >= 15 is 0 Å². The SMILES string of the molecule is COc1ccc(-c2cc(SC)nc3nc(C(C)(C)C)nn23)cc1OC. The minimum absolute atomic E-state index is 0.151. The van der Waals surface area contributed by atoms with Gasteiger partial charge < -0.3 is 9.47 Å². The van der Waals surface area contributed by atoms with Gasteiger partial charge in [-0.05, 0) is 30.5 Å². The van der Waals surface area contributed by atoms with Crippen molar-refractivity contribution in [3.05, 3.63) is 30.1 Å². The van der Waals surface area contributed by atoms with Gasteiger partial charge in [-0.15, -0.1) is 16.9 Å². The number of nitrogens with zero attached hydrogens (tertiary/aromatic N) is 4. The monoisotopic (exact) mass is 358 g/mol. The molecule has 3 aromatic rings. The topological polar surface area (TPSA) is 61.5 Å². The molecule has 0 fully saturated rings. The van der Waals surface area contributed by atoms with Gasteiger partial charge >= 0.3 is 0 Å². The summed E-state index contributed by atoms with van der Waals surface area (Å²) in [5, 5.41) is 5.59. The minimum atomic E-state index is -0.151. The molecule has 1 aromatic carbocycles. The molecule has 0 bridgehead atoms. The second-order valence-corrected chi connectivity index (χ2v) is 7.48. The molecule has 0 atom stereocenters. The first-order chi connectivity index (χ1) is 11.9. The van der Waals surface area contributed by atoms with Crippen LogP contribution in [-0.2, 0) is 5.41 Å². The third-order valence-electron chi connectivity index (χ3n) is 3.85. The summed E-state index contributed by atoms with van der Waals surface area (Å²) in [5.41, 5.74) is 1.73. The highest BCUT2D eigenvalue weighted by Crippen LogP contribution is 2.33. The lowest BCUT2D eigenvalue weighted by atomic mass is 9.96. The van der Waals surface area contributed by atoms with Crippen molar-refractivity contribution in [1.29, 1.82) is 0 Å². The molecule has 0 radical (unpaired) electrons. The third kappa shape index (κ3) is 3.28. The van der Waals surface area contributed by atoms with Crippen molar-refractivity contribution in [2.24, 2.45) is 0 Å². The molecule has 0 saturated carbocycles. The van der Waals surface area contributed by atoms with E-state index in [1.807, 2.05) is 30.5 Å². The molecule has 3 rings (SSSR count). The quantitative estimate of drug-likeness (QED) is 0.522. The Balaban J connectivity index is 2.25. The Morgan fingerprint density at radius 2 is 1.72 bits per heavy atom. The number of ether oxygens (including phenoxy) is 2. The maximum Gasteiger partial charge on any atom is 0.254 e. The van der Waals surface area contributed by atoms with Crippen LogP contribution in [0.25, 0.3) is 17.0 Å². The van der Waals surface area contributed by atoms with E-state index in [-0.39, 0.29) is 5.41 Å². The van der Waals surface area contributed by atoms with E-state index in [9.17, 15) is 0 Å². The first kappa shape index (κ1) is 17.5. The average molecular weight is 358 g/mol. The molecule has 0 N–H and O–H groups in total. The van der Waals surface area contributed by atoms with Gasteiger partial charge in [0.1, 0.15) is 5.03 Å². The van der Waals surface area contributed by atoms with E-state index in [0.29, 0.717) is 17.3 Å². The fourth-order valence-corrected chi connectivity index (χ4v) is 2.87. The van der Waals surface area contributed by atoms with Gasteiger partial charge in [0.05, 0.1) is 19.9 Å². The second kappa shape index (κ2) is 6.55. The number of rotatable bonds is 4. The van der Waals surface area contributed by atoms with Crippen LogP contribution in [0.1, 0.15) is 26.6 Å². The lowest BCUT2D eigenvalue weighted by Crippen LogP contribution is -2.13. The highest BCUT2D eigenvalue weighted by atomic mass is 32.2. The Hall–Kier alpha value is -2.28. The van der Waals surface area contributed by atoms with Crippen molar-refractivity contribution in [3.8, 4) is 22.8 Å². The normalized spacial score (nSPS) is 11.8. The number of hydrogen-bond donors (Lipinski definition) is 0. The summed E-state index contributed by atoms with van der Waals surface area (Å²) in [6.07, 6.45) is 2.00. The van der Waals surface area contributed by atoms with Crippen LogP contribution in [0.3, 0.4) is 0 Å². The van der Waals surface area contributed by atoms with Gasteiger partial charge in [0.2, 0.25) is 0 Å². The van der Waals surface area contributed by atoms with Gasteiger partial charge in [0, 0.05) is 11.0 Å². The van der Waals surface area contributed by atoms with Gasteiger partial charge in [-0.1, -0.05) is 20.8 Å². The minimum Gasteiger partial charge on any atom is -0.493 e. The maximum atomic E-state index is 5.44. The van der Waals surface area contributed by atoms with Crippen molar-refractivity contribution in [2.45, 2.75) is 31.2 Å². The van der Waals surface area contributed by atoms with Crippen molar-refractivity contribution < 1.29 is 9.47 Å². The molecule has 2 aromatic heterocycles. The first-order valence-corrected chi connectivity index (χ1v) is 9.14. The Kier molecular flexibility index (Phi) is 4.60. The predicted molar refractivity (Wildman–Crippen MR) is 99.8 cm³/mol. The van der Waals surface area contributed by atoms with E-state index in [1.165, 1.54) is 0 Å². The standard InChI is InChI=1S/C18H22N4O2S/c1-18(2,3)16-20-17-19-15(25-6)10-12(22(17)21-16)11-7-8-13(23-4)14(9-11)24-5/h7-10H,1-6H3.